The van der Waals surface area contributed by atoms with E-state index >= 15 is 0 Å². The van der Waals surface area contributed by atoms with Crippen LogP contribution in [-0.2, 0) is 9.47 Å². The maximum absolute atomic E-state index is 11.8. The first-order chi connectivity index (χ1) is 8.20. The molecule has 0 bridgehead atoms. The lowest BCUT2D eigenvalue weighted by Gasteiger charge is -2.18. The van der Waals surface area contributed by atoms with E-state index in [0.717, 1.165) is 0 Å². The second-order valence-electron chi connectivity index (χ2n) is 3.68. The molecule has 2 rings (SSSR count). The van der Waals surface area contributed by atoms with Crippen molar-refractivity contribution in [3.8, 4) is 0 Å². The van der Waals surface area contributed by atoms with E-state index in [1.165, 1.54) is 11.3 Å². The fourth-order valence-electron chi connectivity index (χ4n) is 1.68. The lowest BCUT2D eigenvalue weighted by Crippen LogP contribution is -2.43. The van der Waals surface area contributed by atoms with Gasteiger partial charge in [0.25, 0.3) is 5.91 Å². The summed E-state index contributed by atoms with van der Waals surface area (Å²) in [5, 5.41) is 4.87. The van der Waals surface area contributed by atoms with Crippen LogP contribution in [0.4, 0.5) is 5.13 Å². The lowest BCUT2D eigenvalue weighted by molar-refractivity contribution is 0.0402. The highest BCUT2D eigenvalue weighted by molar-refractivity contribution is 7.13. The smallest absolute Gasteiger partial charge is 0.271 e. The zero-order valence-electron chi connectivity index (χ0n) is 9.51. The Balaban J connectivity index is 1.94. The minimum Gasteiger partial charge on any atom is -0.376 e. The average molecular weight is 257 g/mol. The summed E-state index contributed by atoms with van der Waals surface area (Å²) >= 11 is 1.25. The molecule has 2 heterocycles. The van der Waals surface area contributed by atoms with Crippen molar-refractivity contribution in [2.24, 2.45) is 0 Å². The van der Waals surface area contributed by atoms with Gasteiger partial charge in [0.1, 0.15) is 11.8 Å². The van der Waals surface area contributed by atoms with Crippen LogP contribution >= 0.6 is 11.3 Å². The van der Waals surface area contributed by atoms with Crippen LogP contribution in [0.15, 0.2) is 5.38 Å². The topological polar surface area (TPSA) is 86.5 Å². The van der Waals surface area contributed by atoms with Crippen molar-refractivity contribution in [1.82, 2.24) is 10.3 Å². The Morgan fingerprint density at radius 3 is 3.24 bits per heavy atom. The van der Waals surface area contributed by atoms with Gasteiger partial charge in [-0.15, -0.1) is 11.3 Å². The molecule has 1 fully saturated rings. The Hall–Kier alpha value is -1.18. The van der Waals surface area contributed by atoms with Gasteiger partial charge in [-0.25, -0.2) is 4.98 Å². The summed E-state index contributed by atoms with van der Waals surface area (Å²) in [6.45, 7) is 3.50. The summed E-state index contributed by atoms with van der Waals surface area (Å²) in [6.07, 6.45) is -0.0834. The fraction of sp³-hybridized carbons (Fsp3) is 0.600. The fourth-order valence-corrected chi connectivity index (χ4v) is 2.22. The quantitative estimate of drug-likeness (QED) is 0.808. The zero-order chi connectivity index (χ0) is 12.3. The molecule has 17 heavy (non-hydrogen) atoms. The van der Waals surface area contributed by atoms with E-state index < -0.39 is 0 Å². The Morgan fingerprint density at radius 1 is 1.76 bits per heavy atom. The maximum Gasteiger partial charge on any atom is 0.271 e. The number of carbonyl (C=O) groups is 1. The number of nitrogens with one attached hydrogen (secondary N) is 1. The molecule has 3 N–H and O–H groups in total. The monoisotopic (exact) mass is 257 g/mol. The van der Waals surface area contributed by atoms with E-state index in [0.29, 0.717) is 30.6 Å². The molecule has 1 aliphatic rings. The third-order valence-electron chi connectivity index (χ3n) is 2.48. The molecule has 0 aliphatic carbocycles. The van der Waals surface area contributed by atoms with Gasteiger partial charge in [-0.1, -0.05) is 0 Å². The number of nitrogen functional groups attached to an aromatic ring is 1. The number of thiazole rings is 1. The van der Waals surface area contributed by atoms with Gasteiger partial charge >= 0.3 is 0 Å². The molecule has 0 saturated carbocycles. The van der Waals surface area contributed by atoms with Crippen LogP contribution in [0, 0.1) is 0 Å². The number of hydrogen-bond acceptors (Lipinski definition) is 6. The predicted molar refractivity (Wildman–Crippen MR) is 64.0 cm³/mol. The minimum absolute atomic E-state index is 0.0834. The second kappa shape index (κ2) is 5.44. The molecule has 1 aromatic heterocycles. The van der Waals surface area contributed by atoms with Crippen molar-refractivity contribution in [1.29, 1.82) is 0 Å². The number of nitrogens with two attached hydrogens (primary N) is 1. The van der Waals surface area contributed by atoms with Gasteiger partial charge in [-0.3, -0.25) is 4.79 Å². The maximum atomic E-state index is 11.8. The SMILES string of the molecule is CCO[C@H]1COC[C@@H]1NC(=O)c1csc(N)n1. The molecule has 2 atom stereocenters. The zero-order valence-corrected chi connectivity index (χ0v) is 10.3. The van der Waals surface area contributed by atoms with Crippen molar-refractivity contribution in [2.75, 3.05) is 25.6 Å². The van der Waals surface area contributed by atoms with Crippen molar-refractivity contribution >= 4 is 22.4 Å². The van der Waals surface area contributed by atoms with E-state index in [4.69, 9.17) is 15.2 Å². The van der Waals surface area contributed by atoms with Crippen molar-refractivity contribution < 1.29 is 14.3 Å². The van der Waals surface area contributed by atoms with Gasteiger partial charge in [0, 0.05) is 12.0 Å². The van der Waals surface area contributed by atoms with E-state index in [1.807, 2.05) is 6.92 Å². The van der Waals surface area contributed by atoms with E-state index in [9.17, 15) is 4.79 Å². The largest absolute Gasteiger partial charge is 0.376 e. The Bertz CT molecular complexity index is 396. The molecule has 1 amide bonds. The van der Waals surface area contributed by atoms with Gasteiger partial charge in [0.05, 0.1) is 19.3 Å². The second-order valence-corrected chi connectivity index (χ2v) is 4.57. The summed E-state index contributed by atoms with van der Waals surface area (Å²) < 4.78 is 10.8. The molecule has 0 unspecified atom stereocenters. The van der Waals surface area contributed by atoms with Gasteiger partial charge in [0.2, 0.25) is 0 Å². The van der Waals surface area contributed by atoms with Crippen LogP contribution in [0.1, 0.15) is 17.4 Å². The molecule has 6 nitrogen and oxygen atoms in total. The summed E-state index contributed by atoms with van der Waals surface area (Å²) in [6, 6.07) is -0.120. The predicted octanol–water partition coefficient (Wildman–Crippen LogP) is 0.259. The number of ether oxygens (including phenoxy) is 2. The molecule has 7 heteroatoms. The normalized spacial score (nSPS) is 23.8. The van der Waals surface area contributed by atoms with Crippen LogP contribution in [-0.4, -0.2) is 42.9 Å². The number of nitrogens with zero attached hydrogens (tertiary/aromatic N) is 1. The standard InChI is InChI=1S/C10H15N3O3S/c1-2-16-8-4-15-3-6(8)12-9(14)7-5-17-10(11)13-7/h5-6,8H,2-4H2,1H3,(H2,11,13)(H,12,14)/t6-,8-/m0/s1. The summed E-state index contributed by atoms with van der Waals surface area (Å²) in [5.74, 6) is -0.238. The van der Waals surface area contributed by atoms with E-state index in [2.05, 4.69) is 10.3 Å². The molecule has 94 valence electrons. The first kappa shape index (κ1) is 12.3. The first-order valence-corrected chi connectivity index (χ1v) is 6.30. The lowest BCUT2D eigenvalue weighted by atomic mass is 10.2. The van der Waals surface area contributed by atoms with Crippen molar-refractivity contribution in [3.05, 3.63) is 11.1 Å². The third kappa shape index (κ3) is 2.93. The first-order valence-electron chi connectivity index (χ1n) is 5.42. The average Bonchev–Trinajstić information content (AvgIpc) is 2.89. The summed E-state index contributed by atoms with van der Waals surface area (Å²) in [7, 11) is 0. The van der Waals surface area contributed by atoms with E-state index in [-0.39, 0.29) is 18.1 Å². The number of hydrogen-bond donors (Lipinski definition) is 2. The Kier molecular flexibility index (Phi) is 3.93. The van der Waals surface area contributed by atoms with Crippen molar-refractivity contribution in [3.63, 3.8) is 0 Å². The highest BCUT2D eigenvalue weighted by atomic mass is 32.1. The minimum atomic E-state index is -0.238. The number of rotatable bonds is 4. The number of aromatic nitrogens is 1. The number of anilines is 1. The molecule has 1 aliphatic heterocycles. The van der Waals surface area contributed by atoms with Crippen LogP contribution in [0.3, 0.4) is 0 Å². The molecule has 0 radical (unpaired) electrons. The van der Waals surface area contributed by atoms with E-state index in [1.54, 1.807) is 5.38 Å². The van der Waals surface area contributed by atoms with Gasteiger partial charge in [-0.2, -0.15) is 0 Å². The molecular weight excluding hydrogens is 242 g/mol. The summed E-state index contributed by atoms with van der Waals surface area (Å²) in [4.78, 5) is 15.8. The van der Waals surface area contributed by atoms with Crippen LogP contribution in [0.5, 0.6) is 0 Å². The van der Waals surface area contributed by atoms with Crippen LogP contribution in [0.25, 0.3) is 0 Å². The highest BCUT2D eigenvalue weighted by Crippen LogP contribution is 2.13. The van der Waals surface area contributed by atoms with Crippen LogP contribution < -0.4 is 11.1 Å². The van der Waals surface area contributed by atoms with Gasteiger partial charge in [0.15, 0.2) is 5.13 Å². The summed E-state index contributed by atoms with van der Waals surface area (Å²) in [5.41, 5.74) is 5.82. The number of carbonyl (C=O) groups excluding carboxylic acids is 1. The van der Waals surface area contributed by atoms with Crippen molar-refractivity contribution in [2.45, 2.75) is 19.1 Å². The molecule has 0 aromatic carbocycles. The number of amides is 1. The molecule has 1 saturated heterocycles. The molecular formula is C10H15N3O3S. The molecule has 0 spiro atoms. The van der Waals surface area contributed by atoms with Gasteiger partial charge in [-0.05, 0) is 6.92 Å². The van der Waals surface area contributed by atoms with Crippen LogP contribution in [0.2, 0.25) is 0 Å². The third-order valence-corrected chi connectivity index (χ3v) is 3.15. The Labute approximate surface area is 103 Å². The molecule has 1 aromatic rings. The van der Waals surface area contributed by atoms with Gasteiger partial charge < -0.3 is 20.5 Å². The Morgan fingerprint density at radius 2 is 2.59 bits per heavy atom. The highest BCUT2D eigenvalue weighted by Gasteiger charge is 2.30.